The number of carbonyl (C=O) groups excluding carboxylic acids is 1. The van der Waals surface area contributed by atoms with Gasteiger partial charge in [-0.05, 0) is 50.9 Å². The zero-order valence-electron chi connectivity index (χ0n) is 12.5. The van der Waals surface area contributed by atoms with E-state index in [1.54, 1.807) is 0 Å². The Kier molecular flexibility index (Phi) is 2.94. The van der Waals surface area contributed by atoms with E-state index in [4.69, 9.17) is 4.42 Å². The predicted octanol–water partition coefficient (Wildman–Crippen LogP) is 2.15. The van der Waals surface area contributed by atoms with Crippen LogP contribution in [0, 0.1) is 5.41 Å². The van der Waals surface area contributed by atoms with Crippen molar-refractivity contribution in [3.05, 3.63) is 5.89 Å². The molecule has 1 atom stereocenters. The lowest BCUT2D eigenvalue weighted by atomic mass is 9.93. The molecule has 1 aliphatic heterocycles. The maximum absolute atomic E-state index is 12.5. The van der Waals surface area contributed by atoms with Gasteiger partial charge in [0.05, 0.1) is 0 Å². The van der Waals surface area contributed by atoms with Gasteiger partial charge in [-0.15, -0.1) is 5.10 Å². The maximum Gasteiger partial charge on any atom is 0.316 e. The van der Waals surface area contributed by atoms with Gasteiger partial charge >= 0.3 is 6.01 Å². The first-order valence-electron chi connectivity index (χ1n) is 8.04. The molecule has 21 heavy (non-hydrogen) atoms. The highest BCUT2D eigenvalue weighted by molar-refractivity contribution is 5.83. The molecule has 1 unspecified atom stereocenters. The molecule has 6 heteroatoms. The molecule has 0 bridgehead atoms. The van der Waals surface area contributed by atoms with Crippen LogP contribution in [0.1, 0.15) is 57.3 Å². The zero-order valence-corrected chi connectivity index (χ0v) is 12.5. The number of hydrogen-bond acceptors (Lipinski definition) is 5. The minimum Gasteiger partial charge on any atom is -0.408 e. The van der Waals surface area contributed by atoms with Crippen LogP contribution in [-0.4, -0.2) is 40.1 Å². The molecule has 1 amide bonds. The van der Waals surface area contributed by atoms with Crippen molar-refractivity contribution >= 4 is 11.9 Å². The molecule has 0 aromatic carbocycles. The van der Waals surface area contributed by atoms with Gasteiger partial charge in [-0.3, -0.25) is 4.79 Å². The number of rotatable bonds is 4. The van der Waals surface area contributed by atoms with Gasteiger partial charge in [-0.2, -0.15) is 0 Å². The molecule has 114 valence electrons. The second kappa shape index (κ2) is 4.71. The molecule has 2 heterocycles. The lowest BCUT2D eigenvalue weighted by Crippen LogP contribution is -2.45. The second-order valence-corrected chi connectivity index (χ2v) is 6.91. The van der Waals surface area contributed by atoms with Gasteiger partial charge in [0, 0.05) is 19.0 Å². The number of nitrogens with one attached hydrogen (secondary N) is 1. The summed E-state index contributed by atoms with van der Waals surface area (Å²) in [7, 11) is 0. The zero-order chi connectivity index (χ0) is 14.4. The topological polar surface area (TPSA) is 71.3 Å². The summed E-state index contributed by atoms with van der Waals surface area (Å²) in [5.74, 6) is 1.28. The minimum absolute atomic E-state index is 0.136. The van der Waals surface area contributed by atoms with Crippen molar-refractivity contribution in [2.75, 3.05) is 18.4 Å². The summed E-state index contributed by atoms with van der Waals surface area (Å²) in [6, 6.07) is 0.0548. The Morgan fingerprint density at radius 3 is 2.62 bits per heavy atom. The monoisotopic (exact) mass is 290 g/mol. The third-order valence-electron chi connectivity index (χ3n) is 5.17. The molecule has 2 saturated carbocycles. The standard InChI is InChI=1S/C15H22N4O2/c1-10(16-14-18-17-12(21-14)11-2-3-11)13(20)19-8-6-15(4-5-15)7-9-19/h10-11H,2-9H2,1H3,(H,16,18). The summed E-state index contributed by atoms with van der Waals surface area (Å²) in [6.45, 7) is 3.65. The van der Waals surface area contributed by atoms with Crippen LogP contribution in [-0.2, 0) is 4.79 Å². The third kappa shape index (κ3) is 2.63. The normalized spacial score (nSPS) is 24.9. The van der Waals surface area contributed by atoms with E-state index in [0.717, 1.165) is 38.8 Å². The van der Waals surface area contributed by atoms with Crippen LogP contribution in [0.5, 0.6) is 0 Å². The summed E-state index contributed by atoms with van der Waals surface area (Å²) in [4.78, 5) is 14.4. The molecule has 3 aliphatic rings. The first-order valence-corrected chi connectivity index (χ1v) is 8.04. The van der Waals surface area contributed by atoms with Crippen molar-refractivity contribution in [3.63, 3.8) is 0 Å². The number of piperidine rings is 1. The number of aromatic nitrogens is 2. The molecule has 1 spiro atoms. The van der Waals surface area contributed by atoms with Crippen LogP contribution in [0.2, 0.25) is 0 Å². The average Bonchev–Trinajstić information content (AvgIpc) is 3.42. The maximum atomic E-state index is 12.5. The first-order chi connectivity index (χ1) is 10.2. The van der Waals surface area contributed by atoms with Crippen molar-refractivity contribution in [2.24, 2.45) is 5.41 Å². The fourth-order valence-electron chi connectivity index (χ4n) is 3.19. The van der Waals surface area contributed by atoms with Crippen LogP contribution < -0.4 is 5.32 Å². The van der Waals surface area contributed by atoms with Crippen molar-refractivity contribution in [3.8, 4) is 0 Å². The molecule has 3 fully saturated rings. The van der Waals surface area contributed by atoms with Crippen molar-refractivity contribution in [2.45, 2.75) is 57.4 Å². The second-order valence-electron chi connectivity index (χ2n) is 6.91. The lowest BCUT2D eigenvalue weighted by Gasteiger charge is -2.33. The molecule has 4 rings (SSSR count). The summed E-state index contributed by atoms with van der Waals surface area (Å²) < 4.78 is 5.55. The highest BCUT2D eigenvalue weighted by Gasteiger charge is 2.45. The molecule has 0 radical (unpaired) electrons. The Morgan fingerprint density at radius 1 is 1.29 bits per heavy atom. The van der Waals surface area contributed by atoms with Crippen LogP contribution in [0.15, 0.2) is 4.42 Å². The number of amides is 1. The predicted molar refractivity (Wildman–Crippen MR) is 76.8 cm³/mol. The molecular weight excluding hydrogens is 268 g/mol. The Bertz CT molecular complexity index is 538. The Morgan fingerprint density at radius 2 is 2.00 bits per heavy atom. The SMILES string of the molecule is CC(Nc1nnc(C2CC2)o1)C(=O)N1CCC2(CC1)CC2. The number of anilines is 1. The Hall–Kier alpha value is -1.59. The smallest absolute Gasteiger partial charge is 0.316 e. The van der Waals surface area contributed by atoms with Gasteiger partial charge < -0.3 is 14.6 Å². The quantitative estimate of drug-likeness (QED) is 0.920. The van der Waals surface area contributed by atoms with Gasteiger partial charge in [0.15, 0.2) is 0 Å². The van der Waals surface area contributed by atoms with E-state index in [-0.39, 0.29) is 11.9 Å². The number of nitrogens with zero attached hydrogens (tertiary/aromatic N) is 3. The molecule has 2 aliphatic carbocycles. The Balaban J connectivity index is 1.32. The van der Waals surface area contributed by atoms with E-state index >= 15 is 0 Å². The van der Waals surface area contributed by atoms with Gasteiger partial charge in [0.25, 0.3) is 0 Å². The van der Waals surface area contributed by atoms with E-state index < -0.39 is 0 Å². The van der Waals surface area contributed by atoms with Crippen LogP contribution in [0.3, 0.4) is 0 Å². The molecular formula is C15H22N4O2. The van der Waals surface area contributed by atoms with E-state index in [2.05, 4.69) is 15.5 Å². The largest absolute Gasteiger partial charge is 0.408 e. The van der Waals surface area contributed by atoms with Gasteiger partial charge in [-0.25, -0.2) is 0 Å². The molecule has 6 nitrogen and oxygen atoms in total. The average molecular weight is 290 g/mol. The highest BCUT2D eigenvalue weighted by atomic mass is 16.4. The van der Waals surface area contributed by atoms with Crippen LogP contribution >= 0.6 is 0 Å². The first kappa shape index (κ1) is 13.1. The van der Waals surface area contributed by atoms with Crippen molar-refractivity contribution < 1.29 is 9.21 Å². The summed E-state index contributed by atoms with van der Waals surface area (Å²) in [5, 5.41) is 11.1. The van der Waals surface area contributed by atoms with Gasteiger partial charge in [0.1, 0.15) is 6.04 Å². The van der Waals surface area contributed by atoms with E-state index in [1.165, 1.54) is 12.8 Å². The van der Waals surface area contributed by atoms with Crippen molar-refractivity contribution in [1.29, 1.82) is 0 Å². The van der Waals surface area contributed by atoms with E-state index in [1.807, 2.05) is 11.8 Å². The summed E-state index contributed by atoms with van der Waals surface area (Å²) in [5.41, 5.74) is 0.596. The van der Waals surface area contributed by atoms with Crippen molar-refractivity contribution in [1.82, 2.24) is 15.1 Å². The number of likely N-dealkylation sites (tertiary alicyclic amines) is 1. The van der Waals surface area contributed by atoms with E-state index in [9.17, 15) is 4.79 Å². The van der Waals surface area contributed by atoms with Gasteiger partial charge in [-0.1, -0.05) is 5.10 Å². The van der Waals surface area contributed by atoms with Crippen LogP contribution in [0.4, 0.5) is 6.01 Å². The molecule has 1 aromatic rings. The van der Waals surface area contributed by atoms with Crippen LogP contribution in [0.25, 0.3) is 0 Å². The highest BCUT2D eigenvalue weighted by Crippen LogP contribution is 2.53. The minimum atomic E-state index is -0.314. The molecule has 1 aromatic heterocycles. The molecule has 1 saturated heterocycles. The lowest BCUT2D eigenvalue weighted by molar-refractivity contribution is -0.133. The van der Waals surface area contributed by atoms with E-state index in [0.29, 0.717) is 23.2 Å². The third-order valence-corrected chi connectivity index (χ3v) is 5.17. The Labute approximate surface area is 124 Å². The summed E-state index contributed by atoms with van der Waals surface area (Å²) >= 11 is 0. The van der Waals surface area contributed by atoms with Gasteiger partial charge in [0.2, 0.25) is 11.8 Å². The molecule has 1 N–H and O–H groups in total. The number of carbonyl (C=O) groups is 1. The fraction of sp³-hybridized carbons (Fsp3) is 0.800. The fourth-order valence-corrected chi connectivity index (χ4v) is 3.19. The summed E-state index contributed by atoms with van der Waals surface area (Å²) in [6.07, 6.45) is 7.30. The number of hydrogen-bond donors (Lipinski definition) is 1.